The minimum atomic E-state index is -0.635. The van der Waals surface area contributed by atoms with Gasteiger partial charge in [0, 0.05) is 12.0 Å². The Morgan fingerprint density at radius 1 is 1.09 bits per heavy atom. The average molecular weight is 319 g/mol. The van der Waals surface area contributed by atoms with Crippen molar-refractivity contribution in [2.24, 2.45) is 11.8 Å². The normalized spacial score (nSPS) is 27.5. The van der Waals surface area contributed by atoms with Gasteiger partial charge in [0.25, 0.3) is 0 Å². The Labute approximate surface area is 136 Å². The van der Waals surface area contributed by atoms with Gasteiger partial charge in [-0.2, -0.15) is 0 Å². The first-order valence-corrected chi connectivity index (χ1v) is 8.53. The van der Waals surface area contributed by atoms with Gasteiger partial charge in [0.1, 0.15) is 11.4 Å². The fourth-order valence-corrected chi connectivity index (χ4v) is 3.26. The molecule has 2 aliphatic rings. The number of nitrogens with zero attached hydrogens (tertiary/aromatic N) is 1. The van der Waals surface area contributed by atoms with Crippen molar-refractivity contribution in [3.63, 3.8) is 0 Å². The largest absolute Gasteiger partial charge is 0.359 e. The first kappa shape index (κ1) is 16.0. The third-order valence-electron chi connectivity index (χ3n) is 5.22. The molecular formula is C17H25N3O3. The Morgan fingerprint density at radius 3 is 2.48 bits per heavy atom. The number of aryl methyl sites for hydroxylation is 1. The highest BCUT2D eigenvalue weighted by atomic mass is 16.5. The summed E-state index contributed by atoms with van der Waals surface area (Å²) in [5.74, 6) is 1.07. The lowest BCUT2D eigenvalue weighted by molar-refractivity contribution is -0.136. The molecule has 126 valence electrons. The molecule has 0 aliphatic heterocycles. The SMILES string of the molecule is Cc1noc(C2CC2)c1NC(=O)C(=O)N[C@@H]1CC[C@H](C)[C@H](C)C1. The number of anilines is 1. The second-order valence-corrected chi connectivity index (χ2v) is 7.17. The van der Waals surface area contributed by atoms with Gasteiger partial charge in [-0.25, -0.2) is 0 Å². The Hall–Kier alpha value is -1.85. The molecule has 3 rings (SSSR count). The van der Waals surface area contributed by atoms with Gasteiger partial charge in [-0.05, 0) is 50.9 Å². The molecule has 23 heavy (non-hydrogen) atoms. The van der Waals surface area contributed by atoms with Crippen molar-refractivity contribution in [2.75, 3.05) is 5.32 Å². The lowest BCUT2D eigenvalue weighted by Crippen LogP contribution is -2.44. The maximum Gasteiger partial charge on any atom is 0.313 e. The molecular weight excluding hydrogens is 294 g/mol. The molecule has 2 saturated carbocycles. The van der Waals surface area contributed by atoms with Crippen molar-refractivity contribution in [1.82, 2.24) is 10.5 Å². The number of aromatic nitrogens is 1. The maximum atomic E-state index is 12.2. The Kier molecular flexibility index (Phi) is 4.41. The van der Waals surface area contributed by atoms with Gasteiger partial charge in [-0.3, -0.25) is 9.59 Å². The van der Waals surface area contributed by atoms with Gasteiger partial charge < -0.3 is 15.2 Å². The molecule has 3 atom stereocenters. The number of carbonyl (C=O) groups is 2. The van der Waals surface area contributed by atoms with Gasteiger partial charge in [0.2, 0.25) is 0 Å². The van der Waals surface area contributed by atoms with E-state index in [0.717, 1.165) is 32.1 Å². The molecule has 0 saturated heterocycles. The van der Waals surface area contributed by atoms with E-state index >= 15 is 0 Å². The van der Waals surface area contributed by atoms with Crippen molar-refractivity contribution in [2.45, 2.75) is 64.8 Å². The van der Waals surface area contributed by atoms with Crippen LogP contribution in [0.3, 0.4) is 0 Å². The van der Waals surface area contributed by atoms with Crippen molar-refractivity contribution >= 4 is 17.5 Å². The van der Waals surface area contributed by atoms with Crippen LogP contribution in [0.25, 0.3) is 0 Å². The Bertz CT molecular complexity index is 606. The number of amides is 2. The predicted molar refractivity (Wildman–Crippen MR) is 86.0 cm³/mol. The van der Waals surface area contributed by atoms with Crippen LogP contribution < -0.4 is 10.6 Å². The lowest BCUT2D eigenvalue weighted by Gasteiger charge is -2.32. The monoisotopic (exact) mass is 319 g/mol. The topological polar surface area (TPSA) is 84.2 Å². The Balaban J connectivity index is 1.58. The van der Waals surface area contributed by atoms with Gasteiger partial charge >= 0.3 is 11.8 Å². The highest BCUT2D eigenvalue weighted by molar-refractivity contribution is 6.39. The van der Waals surface area contributed by atoms with Crippen LogP contribution >= 0.6 is 0 Å². The van der Waals surface area contributed by atoms with Crippen LogP contribution in [-0.4, -0.2) is 23.0 Å². The van der Waals surface area contributed by atoms with Gasteiger partial charge in [0.15, 0.2) is 5.76 Å². The molecule has 0 spiro atoms. The highest BCUT2D eigenvalue weighted by Gasteiger charge is 2.33. The minimum Gasteiger partial charge on any atom is -0.359 e. The average Bonchev–Trinajstić information content (AvgIpc) is 3.29. The number of hydrogen-bond donors (Lipinski definition) is 2. The van der Waals surface area contributed by atoms with Crippen LogP contribution in [0.2, 0.25) is 0 Å². The van der Waals surface area contributed by atoms with E-state index in [1.165, 1.54) is 0 Å². The number of nitrogens with one attached hydrogen (secondary N) is 2. The molecule has 0 bridgehead atoms. The summed E-state index contributed by atoms with van der Waals surface area (Å²) in [6, 6.07) is 0.0888. The molecule has 2 aliphatic carbocycles. The van der Waals surface area contributed by atoms with E-state index in [2.05, 4.69) is 29.6 Å². The standard InChI is InChI=1S/C17H25N3O3/c1-9-4-7-13(8-10(9)2)18-16(21)17(22)19-14-11(3)20-23-15(14)12-5-6-12/h9-10,12-13H,4-8H2,1-3H3,(H,18,21)(H,19,22)/t9-,10+,13+/m0/s1. The van der Waals surface area contributed by atoms with E-state index in [0.29, 0.717) is 34.9 Å². The Morgan fingerprint density at radius 2 is 1.83 bits per heavy atom. The summed E-state index contributed by atoms with van der Waals surface area (Å²) in [4.78, 5) is 24.3. The summed E-state index contributed by atoms with van der Waals surface area (Å²) in [6.45, 7) is 6.21. The molecule has 2 fully saturated rings. The number of carbonyl (C=O) groups excluding carboxylic acids is 2. The quantitative estimate of drug-likeness (QED) is 0.839. The van der Waals surface area contributed by atoms with Crippen molar-refractivity contribution < 1.29 is 14.1 Å². The number of rotatable bonds is 3. The third kappa shape index (κ3) is 3.57. The number of hydrogen-bond acceptors (Lipinski definition) is 4. The van der Waals surface area contributed by atoms with Crippen molar-refractivity contribution in [3.05, 3.63) is 11.5 Å². The summed E-state index contributed by atoms with van der Waals surface area (Å²) in [6.07, 6.45) is 5.04. The summed E-state index contributed by atoms with van der Waals surface area (Å²) in [7, 11) is 0. The molecule has 2 amide bonds. The third-order valence-corrected chi connectivity index (χ3v) is 5.22. The second kappa shape index (κ2) is 6.34. The fourth-order valence-electron chi connectivity index (χ4n) is 3.26. The zero-order valence-corrected chi connectivity index (χ0v) is 14.0. The van der Waals surface area contributed by atoms with E-state index in [4.69, 9.17) is 4.52 Å². The first-order chi connectivity index (χ1) is 11.0. The van der Waals surface area contributed by atoms with Crippen LogP contribution in [0.1, 0.15) is 63.3 Å². The first-order valence-electron chi connectivity index (χ1n) is 8.53. The molecule has 0 radical (unpaired) electrons. The van der Waals surface area contributed by atoms with Crippen molar-refractivity contribution in [1.29, 1.82) is 0 Å². The summed E-state index contributed by atoms with van der Waals surface area (Å²) in [5.41, 5.74) is 1.19. The van der Waals surface area contributed by atoms with Crippen LogP contribution in [0.15, 0.2) is 4.52 Å². The molecule has 1 aromatic rings. The van der Waals surface area contributed by atoms with Crippen LogP contribution in [0, 0.1) is 18.8 Å². The summed E-state index contributed by atoms with van der Waals surface area (Å²) >= 11 is 0. The summed E-state index contributed by atoms with van der Waals surface area (Å²) in [5, 5.41) is 9.45. The molecule has 1 aromatic heterocycles. The zero-order valence-electron chi connectivity index (χ0n) is 14.0. The smallest absolute Gasteiger partial charge is 0.313 e. The van der Waals surface area contributed by atoms with Gasteiger partial charge in [-0.1, -0.05) is 19.0 Å². The molecule has 6 nitrogen and oxygen atoms in total. The molecule has 2 N–H and O–H groups in total. The van der Waals surface area contributed by atoms with Crippen molar-refractivity contribution in [3.8, 4) is 0 Å². The van der Waals surface area contributed by atoms with E-state index in [-0.39, 0.29) is 6.04 Å². The minimum absolute atomic E-state index is 0.0888. The van der Waals surface area contributed by atoms with Crippen LogP contribution in [0.5, 0.6) is 0 Å². The second-order valence-electron chi connectivity index (χ2n) is 7.17. The van der Waals surface area contributed by atoms with E-state index in [1.807, 2.05) is 0 Å². The maximum absolute atomic E-state index is 12.2. The van der Waals surface area contributed by atoms with E-state index in [9.17, 15) is 9.59 Å². The summed E-state index contributed by atoms with van der Waals surface area (Å²) < 4.78 is 5.28. The fraction of sp³-hybridized carbons (Fsp3) is 0.706. The zero-order chi connectivity index (χ0) is 16.6. The van der Waals surface area contributed by atoms with Gasteiger partial charge in [-0.15, -0.1) is 0 Å². The van der Waals surface area contributed by atoms with Gasteiger partial charge in [0.05, 0.1) is 0 Å². The van der Waals surface area contributed by atoms with E-state index < -0.39 is 11.8 Å². The van der Waals surface area contributed by atoms with Crippen LogP contribution in [0.4, 0.5) is 5.69 Å². The molecule has 0 unspecified atom stereocenters. The van der Waals surface area contributed by atoms with E-state index in [1.54, 1.807) is 6.92 Å². The predicted octanol–water partition coefficient (Wildman–Crippen LogP) is 2.74. The molecule has 1 heterocycles. The lowest BCUT2D eigenvalue weighted by atomic mass is 9.79. The molecule has 6 heteroatoms. The highest BCUT2D eigenvalue weighted by Crippen LogP contribution is 2.44. The van der Waals surface area contributed by atoms with Crippen LogP contribution in [-0.2, 0) is 9.59 Å². The molecule has 0 aromatic carbocycles.